The molecule has 2 aromatic heterocycles. The molecule has 26 heavy (non-hydrogen) atoms. The van der Waals surface area contributed by atoms with Crippen molar-refractivity contribution < 1.29 is 14.1 Å². The fourth-order valence-electron chi connectivity index (χ4n) is 2.86. The zero-order valence-electron chi connectivity index (χ0n) is 14.9. The molecule has 138 valence electrons. The lowest BCUT2D eigenvalue weighted by Crippen LogP contribution is -2.40. The van der Waals surface area contributed by atoms with Gasteiger partial charge < -0.3 is 19.5 Å². The van der Waals surface area contributed by atoms with E-state index in [1.807, 2.05) is 12.1 Å². The van der Waals surface area contributed by atoms with E-state index in [0.717, 1.165) is 24.9 Å². The highest BCUT2D eigenvalue weighted by Gasteiger charge is 2.23. The Morgan fingerprint density at radius 3 is 2.81 bits per heavy atom. The average molecular weight is 357 g/mol. The van der Waals surface area contributed by atoms with Crippen molar-refractivity contribution in [3.05, 3.63) is 42.8 Å². The Balaban J connectivity index is 1.39. The van der Waals surface area contributed by atoms with Gasteiger partial charge in [0, 0.05) is 31.0 Å². The van der Waals surface area contributed by atoms with Crippen LogP contribution in [0.15, 0.2) is 41.4 Å². The minimum atomic E-state index is -0.307. The summed E-state index contributed by atoms with van der Waals surface area (Å²) in [5, 5.41) is 7.34. The second-order valence-electron chi connectivity index (χ2n) is 6.38. The highest BCUT2D eigenvalue weighted by atomic mass is 16.6. The van der Waals surface area contributed by atoms with Gasteiger partial charge in [-0.15, -0.1) is 0 Å². The highest BCUT2D eigenvalue weighted by Crippen LogP contribution is 2.18. The molecule has 3 heterocycles. The van der Waals surface area contributed by atoms with Gasteiger partial charge in [-0.05, 0) is 44.4 Å². The number of carbonyl (C=O) groups is 1. The standard InChI is InChI=1S/C18H23N5O3/c1-13(2)25-18(24)23-9-5-14(6-10-23)11-20-12-16-21-17(22-26-16)15-3-7-19-8-4-15/h3-4,7-8,14,20H,1,5-6,9-12H2,2H3. The van der Waals surface area contributed by atoms with Crippen LogP contribution in [0.25, 0.3) is 11.4 Å². The first-order valence-electron chi connectivity index (χ1n) is 8.68. The lowest BCUT2D eigenvalue weighted by Gasteiger charge is -2.31. The van der Waals surface area contributed by atoms with E-state index < -0.39 is 0 Å². The van der Waals surface area contributed by atoms with Crippen molar-refractivity contribution in [2.75, 3.05) is 19.6 Å². The molecule has 0 bridgehead atoms. The molecular formula is C18H23N5O3. The van der Waals surface area contributed by atoms with E-state index in [1.54, 1.807) is 24.2 Å². The average Bonchev–Trinajstić information content (AvgIpc) is 3.11. The van der Waals surface area contributed by atoms with Crippen LogP contribution in [0, 0.1) is 5.92 Å². The molecule has 1 fully saturated rings. The second kappa shape index (κ2) is 8.57. The SMILES string of the molecule is C=C(C)OC(=O)N1CCC(CNCc2nc(-c3ccncc3)no2)CC1. The van der Waals surface area contributed by atoms with E-state index in [4.69, 9.17) is 9.26 Å². The third-order valence-corrected chi connectivity index (χ3v) is 4.25. The Hall–Kier alpha value is -2.74. The maximum absolute atomic E-state index is 11.8. The first-order valence-corrected chi connectivity index (χ1v) is 8.68. The van der Waals surface area contributed by atoms with Crippen molar-refractivity contribution in [2.45, 2.75) is 26.3 Å². The van der Waals surface area contributed by atoms with E-state index in [9.17, 15) is 4.79 Å². The number of rotatable bonds is 6. The van der Waals surface area contributed by atoms with Gasteiger partial charge in [0.1, 0.15) is 0 Å². The van der Waals surface area contributed by atoms with Crippen molar-refractivity contribution in [1.29, 1.82) is 0 Å². The van der Waals surface area contributed by atoms with Crippen LogP contribution in [0.2, 0.25) is 0 Å². The molecule has 1 N–H and O–H groups in total. The molecule has 8 nitrogen and oxygen atoms in total. The van der Waals surface area contributed by atoms with Gasteiger partial charge in [-0.3, -0.25) is 4.98 Å². The second-order valence-corrected chi connectivity index (χ2v) is 6.38. The van der Waals surface area contributed by atoms with Crippen LogP contribution in [-0.4, -0.2) is 45.8 Å². The van der Waals surface area contributed by atoms with Gasteiger partial charge >= 0.3 is 6.09 Å². The fraction of sp³-hybridized carbons (Fsp3) is 0.444. The summed E-state index contributed by atoms with van der Waals surface area (Å²) in [6, 6.07) is 3.68. The first-order chi connectivity index (χ1) is 12.6. The normalized spacial score (nSPS) is 15.0. The van der Waals surface area contributed by atoms with Gasteiger partial charge in [0.2, 0.25) is 11.7 Å². The quantitative estimate of drug-likeness (QED) is 0.794. The van der Waals surface area contributed by atoms with Gasteiger partial charge in [-0.2, -0.15) is 4.98 Å². The van der Waals surface area contributed by atoms with Crippen LogP contribution >= 0.6 is 0 Å². The third kappa shape index (κ3) is 4.89. The maximum Gasteiger partial charge on any atom is 0.414 e. The molecule has 0 radical (unpaired) electrons. The number of piperidine rings is 1. The van der Waals surface area contributed by atoms with Crippen molar-refractivity contribution in [3.63, 3.8) is 0 Å². The molecule has 0 spiro atoms. The maximum atomic E-state index is 11.8. The van der Waals surface area contributed by atoms with Crippen molar-refractivity contribution >= 4 is 6.09 Å². The van der Waals surface area contributed by atoms with Gasteiger partial charge in [0.15, 0.2) is 0 Å². The Morgan fingerprint density at radius 1 is 1.38 bits per heavy atom. The summed E-state index contributed by atoms with van der Waals surface area (Å²) < 4.78 is 10.3. The summed E-state index contributed by atoms with van der Waals surface area (Å²) in [6.45, 7) is 8.03. The Labute approximate surface area is 152 Å². The van der Waals surface area contributed by atoms with Crippen molar-refractivity contribution in [3.8, 4) is 11.4 Å². The van der Waals surface area contributed by atoms with E-state index in [0.29, 0.717) is 43.0 Å². The molecular weight excluding hydrogens is 334 g/mol. The number of pyridine rings is 1. The molecule has 1 aliphatic heterocycles. The smallest absolute Gasteiger partial charge is 0.414 e. The fourth-order valence-corrected chi connectivity index (χ4v) is 2.86. The van der Waals surface area contributed by atoms with Crippen LogP contribution in [0.4, 0.5) is 4.79 Å². The molecule has 1 saturated heterocycles. The van der Waals surface area contributed by atoms with Crippen molar-refractivity contribution in [1.82, 2.24) is 25.3 Å². The molecule has 0 aliphatic carbocycles. The van der Waals surface area contributed by atoms with E-state index >= 15 is 0 Å². The number of hydrogen-bond acceptors (Lipinski definition) is 7. The number of carbonyl (C=O) groups excluding carboxylic acids is 1. The molecule has 2 aromatic rings. The van der Waals surface area contributed by atoms with Crippen LogP contribution in [0.5, 0.6) is 0 Å². The van der Waals surface area contributed by atoms with E-state index in [1.165, 1.54) is 0 Å². The van der Waals surface area contributed by atoms with Crippen molar-refractivity contribution in [2.24, 2.45) is 5.92 Å². The van der Waals surface area contributed by atoms with E-state index in [-0.39, 0.29) is 6.09 Å². The summed E-state index contributed by atoms with van der Waals surface area (Å²) in [6.07, 6.45) is 4.96. The van der Waals surface area contributed by atoms with Crippen LogP contribution < -0.4 is 5.32 Å². The molecule has 0 atom stereocenters. The lowest BCUT2D eigenvalue weighted by molar-refractivity contribution is 0.110. The minimum absolute atomic E-state index is 0.307. The van der Waals surface area contributed by atoms with Crippen LogP contribution in [0.1, 0.15) is 25.7 Å². The Morgan fingerprint density at radius 2 is 2.12 bits per heavy atom. The zero-order valence-corrected chi connectivity index (χ0v) is 14.9. The summed E-state index contributed by atoms with van der Waals surface area (Å²) in [7, 11) is 0. The highest BCUT2D eigenvalue weighted by molar-refractivity contribution is 5.68. The minimum Gasteiger partial charge on any atom is -0.416 e. The summed E-state index contributed by atoms with van der Waals surface area (Å²) in [4.78, 5) is 21.9. The largest absolute Gasteiger partial charge is 0.416 e. The summed E-state index contributed by atoms with van der Waals surface area (Å²) in [5.41, 5.74) is 0.879. The number of nitrogens with one attached hydrogen (secondary N) is 1. The topological polar surface area (TPSA) is 93.4 Å². The summed E-state index contributed by atoms with van der Waals surface area (Å²) in [5.74, 6) is 2.05. The predicted octanol–water partition coefficient (Wildman–Crippen LogP) is 2.60. The number of ether oxygens (including phenoxy) is 1. The molecule has 3 rings (SSSR count). The number of allylic oxidation sites excluding steroid dienone is 1. The molecule has 1 aliphatic rings. The molecule has 1 amide bonds. The number of aromatic nitrogens is 3. The third-order valence-electron chi connectivity index (χ3n) is 4.25. The predicted molar refractivity (Wildman–Crippen MR) is 94.8 cm³/mol. The van der Waals surface area contributed by atoms with Crippen LogP contribution in [-0.2, 0) is 11.3 Å². The number of amides is 1. The van der Waals surface area contributed by atoms with Gasteiger partial charge in [0.25, 0.3) is 0 Å². The Bertz CT molecular complexity index is 738. The monoisotopic (exact) mass is 357 g/mol. The number of nitrogens with zero attached hydrogens (tertiary/aromatic N) is 4. The molecule has 0 aromatic carbocycles. The number of hydrogen-bond donors (Lipinski definition) is 1. The van der Waals surface area contributed by atoms with Crippen LogP contribution in [0.3, 0.4) is 0 Å². The van der Waals surface area contributed by atoms with Gasteiger partial charge in [-0.25, -0.2) is 4.79 Å². The Kier molecular flexibility index (Phi) is 5.96. The lowest BCUT2D eigenvalue weighted by atomic mass is 9.97. The van der Waals surface area contributed by atoms with E-state index in [2.05, 4.69) is 27.0 Å². The summed E-state index contributed by atoms with van der Waals surface area (Å²) >= 11 is 0. The van der Waals surface area contributed by atoms with Gasteiger partial charge in [0.05, 0.1) is 12.3 Å². The van der Waals surface area contributed by atoms with Gasteiger partial charge in [-0.1, -0.05) is 11.7 Å². The number of likely N-dealkylation sites (tertiary alicyclic amines) is 1. The molecule has 0 unspecified atom stereocenters. The first kappa shape index (κ1) is 18.1. The zero-order chi connectivity index (χ0) is 18.4. The molecule has 0 saturated carbocycles. The molecule has 8 heteroatoms.